The van der Waals surface area contributed by atoms with E-state index in [0.717, 1.165) is 41.6 Å². The second kappa shape index (κ2) is 6.16. The Labute approximate surface area is 112 Å². The molecule has 4 heteroatoms. The first-order valence-corrected chi connectivity index (χ1v) is 7.33. The summed E-state index contributed by atoms with van der Waals surface area (Å²) in [6.45, 7) is 7.18. The predicted octanol–water partition coefficient (Wildman–Crippen LogP) is 3.50. The van der Waals surface area contributed by atoms with Crippen molar-refractivity contribution < 1.29 is 4.42 Å². The van der Waals surface area contributed by atoms with Crippen LogP contribution in [0.25, 0.3) is 0 Å². The Morgan fingerprint density at radius 1 is 1.39 bits per heavy atom. The van der Waals surface area contributed by atoms with Gasteiger partial charge in [-0.2, -0.15) is 0 Å². The Kier molecular flexibility index (Phi) is 4.55. The number of rotatable bonds is 6. The molecule has 0 aliphatic carbocycles. The Hall–Kier alpha value is -1.13. The lowest BCUT2D eigenvalue weighted by Gasteiger charge is -2.13. The summed E-state index contributed by atoms with van der Waals surface area (Å²) in [6.07, 6.45) is 1.83. The van der Waals surface area contributed by atoms with Crippen molar-refractivity contribution in [3.8, 4) is 0 Å². The molecule has 98 valence electrons. The third-order valence-corrected chi connectivity index (χ3v) is 3.86. The van der Waals surface area contributed by atoms with Crippen molar-refractivity contribution >= 4 is 11.3 Å². The van der Waals surface area contributed by atoms with E-state index < -0.39 is 0 Å². The van der Waals surface area contributed by atoms with E-state index in [0.29, 0.717) is 0 Å². The molecule has 2 heterocycles. The minimum absolute atomic E-state index is 0.223. The Balaban J connectivity index is 2.12. The predicted molar refractivity (Wildman–Crippen MR) is 75.1 cm³/mol. The molecule has 2 rings (SSSR count). The lowest BCUT2D eigenvalue weighted by atomic mass is 10.1. The lowest BCUT2D eigenvalue weighted by molar-refractivity contribution is 0.396. The van der Waals surface area contributed by atoms with Crippen molar-refractivity contribution in [1.82, 2.24) is 10.3 Å². The van der Waals surface area contributed by atoms with E-state index in [-0.39, 0.29) is 6.04 Å². The molecule has 0 bridgehead atoms. The van der Waals surface area contributed by atoms with E-state index in [9.17, 15) is 0 Å². The average Bonchev–Trinajstić information content (AvgIpc) is 2.97. The zero-order valence-electron chi connectivity index (χ0n) is 11.2. The van der Waals surface area contributed by atoms with E-state index in [4.69, 9.17) is 4.42 Å². The van der Waals surface area contributed by atoms with Crippen molar-refractivity contribution in [1.29, 1.82) is 0 Å². The molecule has 2 aromatic heterocycles. The summed E-state index contributed by atoms with van der Waals surface area (Å²) in [6, 6.07) is 4.36. The minimum Gasteiger partial charge on any atom is -0.464 e. The van der Waals surface area contributed by atoms with Gasteiger partial charge in [0.1, 0.15) is 11.5 Å². The highest BCUT2D eigenvalue weighted by Crippen LogP contribution is 2.22. The Morgan fingerprint density at radius 3 is 2.78 bits per heavy atom. The van der Waals surface area contributed by atoms with Gasteiger partial charge in [-0.1, -0.05) is 13.8 Å². The normalized spacial score (nSPS) is 12.8. The number of nitrogens with zero attached hydrogens (tertiary/aromatic N) is 1. The number of nitrogens with one attached hydrogen (secondary N) is 1. The molecule has 0 aliphatic rings. The first-order chi connectivity index (χ1) is 8.72. The fourth-order valence-electron chi connectivity index (χ4n) is 1.96. The smallest absolute Gasteiger partial charge is 0.121 e. The standard InChI is InChI=1S/C14H20N2OS/c1-4-11-6-7-13(17-11)12(15-5-2)8-14-16-10(3)9-18-14/h6-7,9,12,15H,4-5,8H2,1-3H3. The summed E-state index contributed by atoms with van der Waals surface area (Å²) in [5.41, 5.74) is 1.10. The van der Waals surface area contributed by atoms with E-state index in [1.54, 1.807) is 11.3 Å². The van der Waals surface area contributed by atoms with Gasteiger partial charge in [0.25, 0.3) is 0 Å². The van der Waals surface area contributed by atoms with Gasteiger partial charge in [0, 0.05) is 23.9 Å². The highest BCUT2D eigenvalue weighted by Gasteiger charge is 2.16. The van der Waals surface area contributed by atoms with Crippen LogP contribution in [-0.2, 0) is 12.8 Å². The highest BCUT2D eigenvalue weighted by molar-refractivity contribution is 7.09. The number of likely N-dealkylation sites (N-methyl/N-ethyl adjacent to an activating group) is 1. The molecule has 0 amide bonds. The SMILES string of the molecule is CCNC(Cc1nc(C)cs1)c1ccc(CC)o1. The molecule has 0 saturated carbocycles. The third-order valence-electron chi connectivity index (χ3n) is 2.87. The van der Waals surface area contributed by atoms with Crippen molar-refractivity contribution in [2.45, 2.75) is 39.7 Å². The molecule has 0 spiro atoms. The molecule has 3 nitrogen and oxygen atoms in total. The van der Waals surface area contributed by atoms with Crippen LogP contribution in [0, 0.1) is 6.92 Å². The molecule has 1 unspecified atom stereocenters. The van der Waals surface area contributed by atoms with Gasteiger partial charge in [-0.3, -0.25) is 0 Å². The largest absolute Gasteiger partial charge is 0.464 e. The zero-order valence-corrected chi connectivity index (χ0v) is 12.0. The van der Waals surface area contributed by atoms with Gasteiger partial charge < -0.3 is 9.73 Å². The minimum atomic E-state index is 0.223. The number of hydrogen-bond donors (Lipinski definition) is 1. The second-order valence-corrected chi connectivity index (χ2v) is 5.30. The summed E-state index contributed by atoms with van der Waals surface area (Å²) in [5, 5.41) is 6.72. The number of thiazole rings is 1. The quantitative estimate of drug-likeness (QED) is 0.867. The topological polar surface area (TPSA) is 38.1 Å². The number of furan rings is 1. The van der Waals surface area contributed by atoms with Crippen molar-refractivity contribution in [2.24, 2.45) is 0 Å². The van der Waals surface area contributed by atoms with Gasteiger partial charge in [-0.25, -0.2) is 4.98 Å². The van der Waals surface area contributed by atoms with Gasteiger partial charge in [0.15, 0.2) is 0 Å². The lowest BCUT2D eigenvalue weighted by Crippen LogP contribution is -2.22. The van der Waals surface area contributed by atoms with E-state index in [1.165, 1.54) is 0 Å². The number of aryl methyl sites for hydroxylation is 2. The first kappa shape index (κ1) is 13.3. The zero-order chi connectivity index (χ0) is 13.0. The maximum atomic E-state index is 5.84. The van der Waals surface area contributed by atoms with Crippen molar-refractivity contribution in [3.63, 3.8) is 0 Å². The molecule has 2 aromatic rings. The maximum absolute atomic E-state index is 5.84. The van der Waals surface area contributed by atoms with Crippen molar-refractivity contribution in [3.05, 3.63) is 39.7 Å². The number of hydrogen-bond acceptors (Lipinski definition) is 4. The summed E-state index contributed by atoms with van der Waals surface area (Å²) in [7, 11) is 0. The van der Waals surface area contributed by atoms with E-state index in [1.807, 2.05) is 6.92 Å². The fraction of sp³-hybridized carbons (Fsp3) is 0.500. The van der Waals surface area contributed by atoms with Gasteiger partial charge in [0.2, 0.25) is 0 Å². The van der Waals surface area contributed by atoms with Crippen molar-refractivity contribution in [2.75, 3.05) is 6.54 Å². The first-order valence-electron chi connectivity index (χ1n) is 6.46. The summed E-state index contributed by atoms with van der Waals surface area (Å²) in [4.78, 5) is 4.52. The van der Waals surface area contributed by atoms with Crippen LogP contribution in [0.3, 0.4) is 0 Å². The van der Waals surface area contributed by atoms with Crippen LogP contribution in [0.5, 0.6) is 0 Å². The fourth-order valence-corrected chi connectivity index (χ4v) is 2.78. The Bertz CT molecular complexity index is 489. The van der Waals surface area contributed by atoms with Gasteiger partial charge in [-0.05, 0) is 25.6 Å². The summed E-state index contributed by atoms with van der Waals surface area (Å²) < 4.78 is 5.84. The third kappa shape index (κ3) is 3.21. The molecule has 0 aromatic carbocycles. The molecule has 18 heavy (non-hydrogen) atoms. The van der Waals surface area contributed by atoms with Crippen LogP contribution in [0.15, 0.2) is 21.9 Å². The molecule has 0 fully saturated rings. The molecular weight excluding hydrogens is 244 g/mol. The maximum Gasteiger partial charge on any atom is 0.121 e. The van der Waals surface area contributed by atoms with Crippen LogP contribution >= 0.6 is 11.3 Å². The van der Waals surface area contributed by atoms with Crippen LogP contribution in [0.1, 0.15) is 42.1 Å². The average molecular weight is 264 g/mol. The summed E-state index contributed by atoms with van der Waals surface area (Å²) in [5.74, 6) is 2.06. The van der Waals surface area contributed by atoms with Gasteiger partial charge in [-0.15, -0.1) is 11.3 Å². The van der Waals surface area contributed by atoms with Gasteiger partial charge in [0.05, 0.1) is 11.0 Å². The van der Waals surface area contributed by atoms with Crippen LogP contribution in [0.2, 0.25) is 0 Å². The Morgan fingerprint density at radius 2 is 2.22 bits per heavy atom. The molecular formula is C14H20N2OS. The van der Waals surface area contributed by atoms with Crippen LogP contribution in [0.4, 0.5) is 0 Å². The second-order valence-electron chi connectivity index (χ2n) is 4.35. The molecule has 1 N–H and O–H groups in total. The number of aromatic nitrogens is 1. The van der Waals surface area contributed by atoms with Gasteiger partial charge >= 0.3 is 0 Å². The van der Waals surface area contributed by atoms with E-state index >= 15 is 0 Å². The monoisotopic (exact) mass is 264 g/mol. The summed E-state index contributed by atoms with van der Waals surface area (Å²) >= 11 is 1.72. The molecule has 1 atom stereocenters. The van der Waals surface area contributed by atoms with Crippen LogP contribution < -0.4 is 5.32 Å². The van der Waals surface area contributed by atoms with E-state index in [2.05, 4.69) is 41.7 Å². The molecule has 0 saturated heterocycles. The molecule has 0 radical (unpaired) electrons. The van der Waals surface area contributed by atoms with Crippen LogP contribution in [-0.4, -0.2) is 11.5 Å². The highest BCUT2D eigenvalue weighted by atomic mass is 32.1. The molecule has 0 aliphatic heterocycles.